The van der Waals surface area contributed by atoms with Crippen LogP contribution in [0, 0.1) is 17.3 Å². The third-order valence-electron chi connectivity index (χ3n) is 3.39. The first-order valence-corrected chi connectivity index (χ1v) is 9.99. The van der Waals surface area contributed by atoms with Crippen molar-refractivity contribution in [2.75, 3.05) is 0 Å². The summed E-state index contributed by atoms with van der Waals surface area (Å²) < 4.78 is 2.23. The summed E-state index contributed by atoms with van der Waals surface area (Å²) in [7, 11) is 0. The minimum absolute atomic E-state index is 0.108. The molecule has 3 aromatic carbocycles. The van der Waals surface area contributed by atoms with E-state index in [0.717, 1.165) is 28.1 Å². The summed E-state index contributed by atoms with van der Waals surface area (Å²) in [5.41, 5.74) is 2.01. The molecule has 0 heterocycles. The van der Waals surface area contributed by atoms with Gasteiger partial charge >= 0.3 is 0 Å². The monoisotopic (exact) mass is 559 g/mol. The van der Waals surface area contributed by atoms with Crippen LogP contribution < -0.4 is 0 Å². The van der Waals surface area contributed by atoms with Gasteiger partial charge in [0.2, 0.25) is 0 Å². The quantitative estimate of drug-likeness (QED) is 0.205. The first-order chi connectivity index (χ1) is 11.6. The predicted molar refractivity (Wildman–Crippen MR) is 115 cm³/mol. The van der Waals surface area contributed by atoms with Gasteiger partial charge in [0.15, 0.2) is 0 Å². The van der Waals surface area contributed by atoms with Gasteiger partial charge in [-0.2, -0.15) is 0 Å². The molecule has 0 aliphatic heterocycles. The molecule has 0 amide bonds. The van der Waals surface area contributed by atoms with Gasteiger partial charge in [0.05, 0.1) is 4.92 Å². The molecule has 0 bridgehead atoms. The fourth-order valence-corrected chi connectivity index (χ4v) is 4.62. The van der Waals surface area contributed by atoms with Crippen LogP contribution in [0.15, 0.2) is 76.5 Å². The largest absolute Gasteiger partial charge is 0.270 e. The topological polar surface area (TPSA) is 43.1 Å². The van der Waals surface area contributed by atoms with Crippen LogP contribution in [0.3, 0.4) is 0 Å². The van der Waals surface area contributed by atoms with Crippen molar-refractivity contribution in [3.8, 4) is 11.1 Å². The Bertz CT molecular complexity index is 915. The van der Waals surface area contributed by atoms with Crippen LogP contribution in [0.5, 0.6) is 0 Å². The van der Waals surface area contributed by atoms with E-state index in [4.69, 9.17) is 0 Å². The Morgan fingerprint density at radius 3 is 2.12 bits per heavy atom. The highest BCUT2D eigenvalue weighted by atomic mass is 127. The van der Waals surface area contributed by atoms with Crippen LogP contribution in [-0.2, 0) is 0 Å². The molecule has 3 nitrogen and oxygen atoms in total. The molecule has 0 saturated carbocycles. The second kappa shape index (κ2) is 7.83. The summed E-state index contributed by atoms with van der Waals surface area (Å²) in [5.74, 6) is 0. The van der Waals surface area contributed by atoms with Gasteiger partial charge < -0.3 is 0 Å². The highest BCUT2D eigenvalue weighted by Gasteiger charge is 2.15. The Morgan fingerprint density at radius 1 is 0.792 bits per heavy atom. The summed E-state index contributed by atoms with van der Waals surface area (Å²) >= 11 is 6.21. The molecule has 0 aliphatic carbocycles. The van der Waals surface area contributed by atoms with E-state index < -0.39 is 0 Å². The minimum atomic E-state index is -0.347. The number of nitrogens with zero attached hydrogens (tertiary/aromatic N) is 1. The van der Waals surface area contributed by atoms with E-state index >= 15 is 0 Å². The van der Waals surface area contributed by atoms with E-state index in [-0.39, 0.29) is 10.6 Å². The summed E-state index contributed by atoms with van der Waals surface area (Å²) in [6.45, 7) is 0. The van der Waals surface area contributed by atoms with E-state index in [1.54, 1.807) is 23.9 Å². The second-order valence-electron chi connectivity index (χ2n) is 4.95. The van der Waals surface area contributed by atoms with Crippen molar-refractivity contribution in [2.24, 2.45) is 0 Å². The molecule has 0 radical (unpaired) electrons. The van der Waals surface area contributed by atoms with Gasteiger partial charge in [-0.1, -0.05) is 42.1 Å². The summed E-state index contributed by atoms with van der Waals surface area (Å²) in [5, 5.41) is 11.2. The van der Waals surface area contributed by atoms with Gasteiger partial charge in [-0.15, -0.1) is 0 Å². The maximum absolute atomic E-state index is 11.2. The maximum atomic E-state index is 11.2. The van der Waals surface area contributed by atoms with Crippen molar-refractivity contribution >= 4 is 62.6 Å². The molecule has 0 atom stereocenters. The lowest BCUT2D eigenvalue weighted by atomic mass is 10.1. The fourth-order valence-electron chi connectivity index (χ4n) is 2.26. The Morgan fingerprint density at radius 2 is 1.46 bits per heavy atom. The van der Waals surface area contributed by atoms with Crippen LogP contribution in [-0.4, -0.2) is 4.92 Å². The average Bonchev–Trinajstić information content (AvgIpc) is 2.58. The van der Waals surface area contributed by atoms with E-state index in [0.29, 0.717) is 0 Å². The summed E-state index contributed by atoms with van der Waals surface area (Å²) in [6.07, 6.45) is 0. The zero-order valence-electron chi connectivity index (χ0n) is 12.3. The van der Waals surface area contributed by atoms with E-state index in [2.05, 4.69) is 57.3 Å². The third kappa shape index (κ3) is 3.92. The lowest BCUT2D eigenvalue weighted by Gasteiger charge is -2.12. The molecule has 6 heteroatoms. The highest BCUT2D eigenvalue weighted by Crippen LogP contribution is 2.40. The SMILES string of the molecule is O=[N+]([O-])c1ccc(Sc2ccccc2I)c(-c2ccccc2I)c1. The van der Waals surface area contributed by atoms with E-state index in [1.165, 1.54) is 0 Å². The van der Waals surface area contributed by atoms with Crippen LogP contribution in [0.1, 0.15) is 0 Å². The molecule has 0 aromatic heterocycles. The minimum Gasteiger partial charge on any atom is -0.258 e. The number of hydrogen-bond donors (Lipinski definition) is 0. The van der Waals surface area contributed by atoms with Gasteiger partial charge in [0.25, 0.3) is 5.69 Å². The van der Waals surface area contributed by atoms with Crippen LogP contribution in [0.4, 0.5) is 5.69 Å². The number of hydrogen-bond acceptors (Lipinski definition) is 3. The lowest BCUT2D eigenvalue weighted by Crippen LogP contribution is -1.92. The average molecular weight is 559 g/mol. The molecule has 0 aliphatic rings. The van der Waals surface area contributed by atoms with E-state index in [9.17, 15) is 10.1 Å². The highest BCUT2D eigenvalue weighted by molar-refractivity contribution is 14.1. The summed E-state index contributed by atoms with van der Waals surface area (Å²) in [6, 6.07) is 21.1. The third-order valence-corrected chi connectivity index (χ3v) is 6.79. The smallest absolute Gasteiger partial charge is 0.258 e. The van der Waals surface area contributed by atoms with Gasteiger partial charge in [0, 0.05) is 34.6 Å². The molecule has 120 valence electrons. The maximum Gasteiger partial charge on any atom is 0.270 e. The van der Waals surface area contributed by atoms with Crippen LogP contribution in [0.2, 0.25) is 0 Å². The molecule has 3 rings (SSSR count). The van der Waals surface area contributed by atoms with Crippen molar-refractivity contribution in [1.82, 2.24) is 0 Å². The zero-order chi connectivity index (χ0) is 17.1. The fraction of sp³-hybridized carbons (Fsp3) is 0. The zero-order valence-corrected chi connectivity index (χ0v) is 17.4. The molecule has 0 fully saturated rings. The molecule has 3 aromatic rings. The number of non-ortho nitro benzene ring substituents is 1. The Labute approximate surface area is 171 Å². The molecule has 24 heavy (non-hydrogen) atoms. The van der Waals surface area contributed by atoms with Gasteiger partial charge in [0.1, 0.15) is 0 Å². The van der Waals surface area contributed by atoms with E-state index in [1.807, 2.05) is 42.5 Å². The van der Waals surface area contributed by atoms with Crippen LogP contribution in [0.25, 0.3) is 11.1 Å². The Kier molecular flexibility index (Phi) is 5.77. The molecule has 0 spiro atoms. The van der Waals surface area contributed by atoms with Crippen LogP contribution >= 0.6 is 56.9 Å². The van der Waals surface area contributed by atoms with Gasteiger partial charge in [-0.05, 0) is 75.0 Å². The van der Waals surface area contributed by atoms with Gasteiger partial charge in [-0.3, -0.25) is 10.1 Å². The standard InChI is InChI=1S/C18H11I2NO2S/c19-15-6-2-1-5-13(15)14-11-12(21(22)23)9-10-17(14)24-18-8-4-3-7-16(18)20/h1-11H. The molecular formula is C18H11I2NO2S. The number of rotatable bonds is 4. The van der Waals surface area contributed by atoms with Crippen molar-refractivity contribution < 1.29 is 4.92 Å². The first-order valence-electron chi connectivity index (χ1n) is 7.02. The Balaban J connectivity index is 2.14. The van der Waals surface area contributed by atoms with Crippen molar-refractivity contribution in [3.05, 3.63) is 84.0 Å². The molecule has 0 saturated heterocycles. The van der Waals surface area contributed by atoms with Crippen molar-refractivity contribution in [3.63, 3.8) is 0 Å². The lowest BCUT2D eigenvalue weighted by molar-refractivity contribution is -0.384. The first kappa shape index (κ1) is 17.7. The number of nitro benzene ring substituents is 1. The second-order valence-corrected chi connectivity index (χ2v) is 8.36. The Hall–Kier alpha value is -1.13. The molecular weight excluding hydrogens is 548 g/mol. The summed E-state index contributed by atoms with van der Waals surface area (Å²) in [4.78, 5) is 13.0. The normalized spacial score (nSPS) is 10.6. The molecule has 0 N–H and O–H groups in total. The number of benzene rings is 3. The number of nitro groups is 1. The number of halogens is 2. The molecule has 0 unspecified atom stereocenters. The van der Waals surface area contributed by atoms with Gasteiger partial charge in [-0.25, -0.2) is 0 Å². The predicted octanol–water partition coefficient (Wildman–Crippen LogP) is 6.62. The van der Waals surface area contributed by atoms with Crippen molar-refractivity contribution in [1.29, 1.82) is 0 Å². The van der Waals surface area contributed by atoms with Crippen molar-refractivity contribution in [2.45, 2.75) is 9.79 Å².